The molecule has 0 aliphatic carbocycles. The lowest BCUT2D eigenvalue weighted by atomic mass is 10.1. The summed E-state index contributed by atoms with van der Waals surface area (Å²) in [5.74, 6) is 0.0287. The third-order valence-electron chi connectivity index (χ3n) is 4.33. The molecule has 0 bridgehead atoms. The SMILES string of the molecule is Cc1ccccc1CC(=O)N1CCN(C(=O)c2cncnc2)CC1. The van der Waals surface area contributed by atoms with Crippen LogP contribution in [0, 0.1) is 6.92 Å². The lowest BCUT2D eigenvalue weighted by Gasteiger charge is -2.34. The molecule has 1 fully saturated rings. The van der Waals surface area contributed by atoms with Gasteiger partial charge in [-0.1, -0.05) is 24.3 Å². The van der Waals surface area contributed by atoms with E-state index < -0.39 is 0 Å². The average Bonchev–Trinajstić information content (AvgIpc) is 2.64. The summed E-state index contributed by atoms with van der Waals surface area (Å²) in [6.45, 7) is 4.20. The minimum absolute atomic E-state index is 0.0818. The second-order valence-corrected chi connectivity index (χ2v) is 5.90. The van der Waals surface area contributed by atoms with Gasteiger partial charge in [0.15, 0.2) is 0 Å². The number of amides is 2. The lowest BCUT2D eigenvalue weighted by molar-refractivity contribution is -0.131. The van der Waals surface area contributed by atoms with Gasteiger partial charge in [0.2, 0.25) is 5.91 Å². The van der Waals surface area contributed by atoms with E-state index in [9.17, 15) is 9.59 Å². The first-order valence-corrected chi connectivity index (χ1v) is 8.01. The minimum Gasteiger partial charge on any atom is -0.339 e. The molecule has 6 heteroatoms. The second kappa shape index (κ2) is 7.21. The maximum Gasteiger partial charge on any atom is 0.257 e. The van der Waals surface area contributed by atoms with E-state index in [4.69, 9.17) is 0 Å². The molecule has 2 heterocycles. The van der Waals surface area contributed by atoms with Gasteiger partial charge in [-0.3, -0.25) is 9.59 Å². The summed E-state index contributed by atoms with van der Waals surface area (Å²) in [4.78, 5) is 36.2. The number of carbonyl (C=O) groups excluding carboxylic acids is 2. The summed E-state index contributed by atoms with van der Waals surface area (Å²) in [5, 5.41) is 0. The first kappa shape index (κ1) is 16.1. The van der Waals surface area contributed by atoms with Gasteiger partial charge in [0, 0.05) is 38.6 Å². The van der Waals surface area contributed by atoms with Crippen LogP contribution in [0.4, 0.5) is 0 Å². The number of rotatable bonds is 3. The highest BCUT2D eigenvalue weighted by Crippen LogP contribution is 2.12. The Kier molecular flexibility index (Phi) is 4.84. The normalized spacial score (nSPS) is 14.5. The van der Waals surface area contributed by atoms with Crippen LogP contribution in [0.3, 0.4) is 0 Å². The standard InChI is InChI=1S/C18H20N4O2/c1-14-4-2-3-5-15(14)10-17(23)21-6-8-22(9-7-21)18(24)16-11-19-13-20-12-16/h2-5,11-13H,6-10H2,1H3. The van der Waals surface area contributed by atoms with Gasteiger partial charge >= 0.3 is 0 Å². The number of aryl methyl sites for hydroxylation is 1. The Morgan fingerprint density at radius 3 is 2.29 bits per heavy atom. The zero-order chi connectivity index (χ0) is 16.9. The first-order valence-electron chi connectivity index (χ1n) is 8.01. The predicted octanol–water partition coefficient (Wildman–Crippen LogP) is 1.31. The zero-order valence-electron chi connectivity index (χ0n) is 13.7. The van der Waals surface area contributed by atoms with Crippen molar-refractivity contribution in [1.82, 2.24) is 19.8 Å². The van der Waals surface area contributed by atoms with E-state index in [1.807, 2.05) is 36.1 Å². The highest BCUT2D eigenvalue weighted by molar-refractivity contribution is 5.93. The molecule has 24 heavy (non-hydrogen) atoms. The molecule has 1 aliphatic rings. The monoisotopic (exact) mass is 324 g/mol. The van der Waals surface area contributed by atoms with Crippen molar-refractivity contribution in [2.45, 2.75) is 13.3 Å². The van der Waals surface area contributed by atoms with Crippen molar-refractivity contribution in [2.75, 3.05) is 26.2 Å². The molecular formula is C18H20N4O2. The summed E-state index contributed by atoms with van der Waals surface area (Å²) in [7, 11) is 0. The van der Waals surface area contributed by atoms with E-state index in [2.05, 4.69) is 9.97 Å². The fraction of sp³-hybridized carbons (Fsp3) is 0.333. The molecule has 2 aromatic rings. The lowest BCUT2D eigenvalue weighted by Crippen LogP contribution is -2.51. The smallest absolute Gasteiger partial charge is 0.257 e. The van der Waals surface area contributed by atoms with Crippen molar-refractivity contribution in [2.24, 2.45) is 0 Å². The highest BCUT2D eigenvalue weighted by Gasteiger charge is 2.25. The first-order chi connectivity index (χ1) is 11.6. The van der Waals surface area contributed by atoms with Crippen LogP contribution in [0.1, 0.15) is 21.5 Å². The largest absolute Gasteiger partial charge is 0.339 e. The van der Waals surface area contributed by atoms with Gasteiger partial charge in [-0.2, -0.15) is 0 Å². The van der Waals surface area contributed by atoms with Gasteiger partial charge in [-0.15, -0.1) is 0 Å². The van der Waals surface area contributed by atoms with Crippen LogP contribution < -0.4 is 0 Å². The molecule has 124 valence electrons. The Balaban J connectivity index is 1.56. The third kappa shape index (κ3) is 3.59. The van der Waals surface area contributed by atoms with E-state index in [0.29, 0.717) is 38.2 Å². The van der Waals surface area contributed by atoms with Crippen LogP contribution in [-0.2, 0) is 11.2 Å². The van der Waals surface area contributed by atoms with Crippen molar-refractivity contribution >= 4 is 11.8 Å². The predicted molar refractivity (Wildman–Crippen MR) is 89.4 cm³/mol. The minimum atomic E-state index is -0.0818. The molecule has 0 spiro atoms. The van der Waals surface area contributed by atoms with Crippen molar-refractivity contribution in [3.63, 3.8) is 0 Å². The number of carbonyl (C=O) groups is 2. The van der Waals surface area contributed by atoms with Gasteiger partial charge < -0.3 is 9.80 Å². The number of hydrogen-bond donors (Lipinski definition) is 0. The molecule has 1 aromatic heterocycles. The van der Waals surface area contributed by atoms with Crippen LogP contribution in [0.5, 0.6) is 0 Å². The van der Waals surface area contributed by atoms with Crippen LogP contribution in [0.15, 0.2) is 43.0 Å². The molecule has 1 aliphatic heterocycles. The van der Waals surface area contributed by atoms with Crippen LogP contribution in [-0.4, -0.2) is 57.8 Å². The molecule has 0 radical (unpaired) electrons. The van der Waals surface area contributed by atoms with Crippen molar-refractivity contribution < 1.29 is 9.59 Å². The van der Waals surface area contributed by atoms with Gasteiger partial charge in [-0.05, 0) is 18.1 Å². The van der Waals surface area contributed by atoms with Crippen LogP contribution >= 0.6 is 0 Å². The molecule has 6 nitrogen and oxygen atoms in total. The van der Waals surface area contributed by atoms with Gasteiger partial charge in [0.05, 0.1) is 12.0 Å². The Morgan fingerprint density at radius 2 is 1.62 bits per heavy atom. The highest BCUT2D eigenvalue weighted by atomic mass is 16.2. The number of hydrogen-bond acceptors (Lipinski definition) is 4. The van der Waals surface area contributed by atoms with E-state index in [1.165, 1.54) is 18.7 Å². The Labute approximate surface area is 141 Å². The summed E-state index contributed by atoms with van der Waals surface area (Å²) >= 11 is 0. The maximum absolute atomic E-state index is 12.5. The van der Waals surface area contributed by atoms with Gasteiger partial charge in [0.1, 0.15) is 6.33 Å². The molecule has 3 rings (SSSR count). The van der Waals surface area contributed by atoms with Gasteiger partial charge in [0.25, 0.3) is 5.91 Å². The molecule has 1 saturated heterocycles. The van der Waals surface area contributed by atoms with E-state index >= 15 is 0 Å². The fourth-order valence-corrected chi connectivity index (χ4v) is 2.83. The van der Waals surface area contributed by atoms with Crippen molar-refractivity contribution in [3.8, 4) is 0 Å². The quantitative estimate of drug-likeness (QED) is 0.854. The van der Waals surface area contributed by atoms with Crippen LogP contribution in [0.25, 0.3) is 0 Å². The Morgan fingerprint density at radius 1 is 1.00 bits per heavy atom. The summed E-state index contributed by atoms with van der Waals surface area (Å²) in [6, 6.07) is 7.93. The molecule has 0 unspecified atom stereocenters. The van der Waals surface area contributed by atoms with Crippen molar-refractivity contribution in [3.05, 3.63) is 59.7 Å². The number of nitrogens with zero attached hydrogens (tertiary/aromatic N) is 4. The molecular weight excluding hydrogens is 304 g/mol. The van der Waals surface area contributed by atoms with Crippen LogP contribution in [0.2, 0.25) is 0 Å². The summed E-state index contributed by atoms with van der Waals surface area (Å²) in [5.41, 5.74) is 2.67. The van der Waals surface area contributed by atoms with Gasteiger partial charge in [-0.25, -0.2) is 9.97 Å². The molecule has 0 atom stereocenters. The number of aromatic nitrogens is 2. The topological polar surface area (TPSA) is 66.4 Å². The fourth-order valence-electron chi connectivity index (χ4n) is 2.83. The number of piperazine rings is 1. The number of benzene rings is 1. The van der Waals surface area contributed by atoms with Crippen molar-refractivity contribution in [1.29, 1.82) is 0 Å². The molecule has 0 saturated carbocycles. The summed E-state index contributed by atoms with van der Waals surface area (Å²) < 4.78 is 0. The van der Waals surface area contributed by atoms with E-state index in [1.54, 1.807) is 4.90 Å². The van der Waals surface area contributed by atoms with E-state index in [0.717, 1.165) is 11.1 Å². The second-order valence-electron chi connectivity index (χ2n) is 5.90. The Bertz CT molecular complexity index is 725. The molecule has 1 aromatic carbocycles. The van der Waals surface area contributed by atoms with E-state index in [-0.39, 0.29) is 11.8 Å². The third-order valence-corrected chi connectivity index (χ3v) is 4.33. The zero-order valence-corrected chi connectivity index (χ0v) is 13.7. The summed E-state index contributed by atoms with van der Waals surface area (Å²) in [6.07, 6.45) is 4.85. The maximum atomic E-state index is 12.5. The molecule has 2 amide bonds. The Hall–Kier alpha value is -2.76. The molecule has 0 N–H and O–H groups in total. The average molecular weight is 324 g/mol.